The minimum Gasteiger partial charge on any atom is -0.385 e. The van der Waals surface area contributed by atoms with Gasteiger partial charge in [0, 0.05) is 24.8 Å². The molecule has 9 N–H and O–H groups in total. The highest BCUT2D eigenvalue weighted by Gasteiger charge is 2.68. The second-order valence-electron chi connectivity index (χ2n) is 11.0. The van der Waals surface area contributed by atoms with Gasteiger partial charge in [0.2, 0.25) is 5.66 Å². The topological polar surface area (TPSA) is 185 Å². The number of aromatic nitrogens is 1. The Labute approximate surface area is 238 Å². The number of nitrogens with zero attached hydrogens (tertiary/aromatic N) is 3. The van der Waals surface area contributed by atoms with Crippen molar-refractivity contribution in [3.05, 3.63) is 64.5 Å². The molecule has 42 heavy (non-hydrogen) atoms. The van der Waals surface area contributed by atoms with Gasteiger partial charge in [-0.25, -0.2) is 10.3 Å². The van der Waals surface area contributed by atoms with Crippen molar-refractivity contribution in [1.29, 1.82) is 0 Å². The lowest BCUT2D eigenvalue weighted by Gasteiger charge is -2.43. The monoisotopic (exact) mass is 586 g/mol. The van der Waals surface area contributed by atoms with Crippen LogP contribution in [0.25, 0.3) is 0 Å². The molecule has 1 aromatic carbocycles. The minimum atomic E-state index is -4.58. The van der Waals surface area contributed by atoms with Crippen molar-refractivity contribution in [2.75, 3.05) is 13.1 Å². The quantitative estimate of drug-likeness (QED) is 0.209. The van der Waals surface area contributed by atoms with Crippen molar-refractivity contribution in [3.8, 4) is 0 Å². The molecule has 12 nitrogen and oxygen atoms in total. The van der Waals surface area contributed by atoms with E-state index in [0.717, 1.165) is 48.9 Å². The number of aliphatic hydroxyl groups excluding tert-OH is 1. The van der Waals surface area contributed by atoms with Crippen LogP contribution in [0.2, 0.25) is 0 Å². The van der Waals surface area contributed by atoms with Gasteiger partial charge in [0.05, 0.1) is 11.6 Å². The van der Waals surface area contributed by atoms with E-state index in [-0.39, 0.29) is 36.6 Å². The Kier molecular flexibility index (Phi) is 6.71. The molecule has 3 aliphatic heterocycles. The van der Waals surface area contributed by atoms with Gasteiger partial charge in [0.15, 0.2) is 12.0 Å². The zero-order valence-electron chi connectivity index (χ0n) is 22.4. The highest BCUT2D eigenvalue weighted by molar-refractivity contribution is 5.96. The van der Waals surface area contributed by atoms with Crippen molar-refractivity contribution in [3.63, 3.8) is 0 Å². The number of hydrogen-bond acceptors (Lipinski definition) is 9. The number of guanidine groups is 2. The van der Waals surface area contributed by atoms with Crippen LogP contribution in [0.5, 0.6) is 0 Å². The third kappa shape index (κ3) is 4.57. The molecule has 0 saturated carbocycles. The van der Waals surface area contributed by atoms with Gasteiger partial charge in [-0.15, -0.1) is 0 Å². The Morgan fingerprint density at radius 3 is 2.69 bits per heavy atom. The molecular formula is C27H31F3N9O3+. The first-order chi connectivity index (χ1) is 20.0. The van der Waals surface area contributed by atoms with Crippen molar-refractivity contribution in [2.45, 2.75) is 61.8 Å². The maximum Gasteiger partial charge on any atom is 0.417 e. The van der Waals surface area contributed by atoms with Crippen molar-refractivity contribution >= 4 is 23.7 Å². The van der Waals surface area contributed by atoms with Crippen LogP contribution in [-0.2, 0) is 19.0 Å². The maximum atomic E-state index is 13.4. The van der Waals surface area contributed by atoms with Crippen LogP contribution < -0.4 is 32.4 Å². The normalized spacial score (nSPS) is 28.0. The summed E-state index contributed by atoms with van der Waals surface area (Å²) in [5.74, 6) is -0.786. The number of nitrogens with two attached hydrogens (primary N) is 2. The standard InChI is InChI=1S/C27H30F3N9O3/c28-27(29,30)14-8-9-17(33-10-14)23(42)34-11-18-20-26(38-24(31)37-20)21(40)19(12-39(26)25(32)36-18)35-22(41)16-7-3-5-13-4-1-2-6-15(13)16/h3,5,7-10,18-21,40H,1-2,4,6,11-12H2,(H2,32,36)(H,34,42)(H,35,41)(H3,31,37,38)/p+1/t18-,19?,20-,21+,26-/m0/s1. The first kappa shape index (κ1) is 27.8. The largest absolute Gasteiger partial charge is 0.417 e. The van der Waals surface area contributed by atoms with Crippen molar-refractivity contribution in [1.82, 2.24) is 25.8 Å². The second kappa shape index (κ2) is 10.2. The number of fused-ring (bicyclic) bond motifs is 1. The molecular weight excluding hydrogens is 555 g/mol. The smallest absolute Gasteiger partial charge is 0.385 e. The zero-order chi connectivity index (χ0) is 29.8. The van der Waals surface area contributed by atoms with Crippen LogP contribution >= 0.6 is 0 Å². The number of carbonyl (C=O) groups is 2. The van der Waals surface area contributed by atoms with Gasteiger partial charge in [0.1, 0.15) is 17.8 Å². The summed E-state index contributed by atoms with van der Waals surface area (Å²) < 4.78 is 38.6. The summed E-state index contributed by atoms with van der Waals surface area (Å²) in [6.45, 7) is 0.0502. The van der Waals surface area contributed by atoms with Gasteiger partial charge in [-0.1, -0.05) is 12.1 Å². The molecule has 222 valence electrons. The lowest BCUT2D eigenvalue weighted by atomic mass is 9.87. The predicted octanol–water partition coefficient (Wildman–Crippen LogP) is -2.06. The molecule has 1 aromatic heterocycles. The van der Waals surface area contributed by atoms with E-state index in [4.69, 9.17) is 11.5 Å². The van der Waals surface area contributed by atoms with E-state index >= 15 is 0 Å². The van der Waals surface area contributed by atoms with E-state index in [9.17, 15) is 27.9 Å². The van der Waals surface area contributed by atoms with Gasteiger partial charge >= 0.3 is 12.1 Å². The van der Waals surface area contributed by atoms with Gasteiger partial charge in [-0.05, 0) is 55.0 Å². The number of alkyl halides is 3. The summed E-state index contributed by atoms with van der Waals surface area (Å²) in [5, 5.41) is 20.3. The summed E-state index contributed by atoms with van der Waals surface area (Å²) in [5.41, 5.74) is 12.8. The molecule has 1 spiro atoms. The van der Waals surface area contributed by atoms with Crippen LogP contribution in [0.1, 0.15) is 50.4 Å². The lowest BCUT2D eigenvalue weighted by molar-refractivity contribution is -0.513. The number of nitrogens with one attached hydrogen (secondary N) is 4. The number of hydrogen-bond donors (Lipinski definition) is 7. The fraction of sp³-hybridized carbons (Fsp3) is 0.444. The molecule has 1 unspecified atom stereocenters. The Morgan fingerprint density at radius 2 is 1.95 bits per heavy atom. The molecule has 6 rings (SSSR count). The number of amides is 2. The van der Waals surface area contributed by atoms with E-state index in [0.29, 0.717) is 11.8 Å². The number of carbonyl (C=O) groups excluding carboxylic acids is 2. The van der Waals surface area contributed by atoms with E-state index in [1.165, 1.54) is 0 Å². The summed E-state index contributed by atoms with van der Waals surface area (Å²) in [6, 6.07) is 5.29. The molecule has 4 aliphatic rings. The summed E-state index contributed by atoms with van der Waals surface area (Å²) in [6.07, 6.45) is -1.35. The van der Waals surface area contributed by atoms with E-state index < -0.39 is 47.5 Å². The molecule has 15 heteroatoms. The first-order valence-electron chi connectivity index (χ1n) is 13.7. The molecule has 5 atom stereocenters. The first-order valence-corrected chi connectivity index (χ1v) is 13.7. The number of rotatable bonds is 5. The molecule has 1 fully saturated rings. The Morgan fingerprint density at radius 1 is 1.17 bits per heavy atom. The average Bonchev–Trinajstić information content (AvgIpc) is 3.46. The Hall–Kier alpha value is -4.40. The molecule has 4 heterocycles. The third-order valence-corrected chi connectivity index (χ3v) is 8.49. The van der Waals surface area contributed by atoms with Crippen LogP contribution in [-0.4, -0.2) is 81.7 Å². The summed E-state index contributed by atoms with van der Waals surface area (Å²) in [4.78, 5) is 39.0. The number of aliphatic imine (C=N–C) groups is 1. The Bertz CT molecular complexity index is 1480. The SMILES string of the molecule is NC1=N[C@@H](CNC(=O)c2ccc(C(F)(F)F)cn2)[C@@H]2[NH+]=C(N)N[C@@]23[C@H](O)C(NC(=O)c2cccc4c2CCCC4)CN13. The number of halogens is 3. The molecule has 0 radical (unpaired) electrons. The number of benzene rings is 1. The molecule has 0 bridgehead atoms. The van der Waals surface area contributed by atoms with Gasteiger partial charge in [0.25, 0.3) is 11.8 Å². The number of pyridine rings is 1. The van der Waals surface area contributed by atoms with Crippen LogP contribution in [0.4, 0.5) is 13.2 Å². The molecule has 2 amide bonds. The molecule has 1 saturated heterocycles. The van der Waals surface area contributed by atoms with Gasteiger partial charge in [-0.2, -0.15) is 13.2 Å². The van der Waals surface area contributed by atoms with Crippen molar-refractivity contribution in [2.24, 2.45) is 16.5 Å². The third-order valence-electron chi connectivity index (χ3n) is 8.49. The van der Waals surface area contributed by atoms with Crippen LogP contribution in [0.15, 0.2) is 41.5 Å². The fourth-order valence-electron chi connectivity index (χ4n) is 6.51. The van der Waals surface area contributed by atoms with Crippen LogP contribution in [0.3, 0.4) is 0 Å². The van der Waals surface area contributed by atoms with E-state index in [2.05, 4.69) is 30.9 Å². The highest BCUT2D eigenvalue weighted by atomic mass is 19.4. The predicted molar refractivity (Wildman–Crippen MR) is 144 cm³/mol. The van der Waals surface area contributed by atoms with E-state index in [1.54, 1.807) is 11.0 Å². The molecule has 1 aliphatic carbocycles. The maximum absolute atomic E-state index is 13.4. The summed E-state index contributed by atoms with van der Waals surface area (Å²) in [7, 11) is 0. The second-order valence-corrected chi connectivity index (χ2v) is 11.0. The van der Waals surface area contributed by atoms with E-state index in [1.807, 2.05) is 12.1 Å². The minimum absolute atomic E-state index is 0.0649. The lowest BCUT2D eigenvalue weighted by Crippen LogP contribution is -2.88. The van der Waals surface area contributed by atoms with Gasteiger partial charge in [-0.3, -0.25) is 25.3 Å². The summed E-state index contributed by atoms with van der Waals surface area (Å²) >= 11 is 0. The average molecular weight is 587 g/mol. The number of aryl methyl sites for hydroxylation is 1. The van der Waals surface area contributed by atoms with Crippen molar-refractivity contribution < 1.29 is 32.9 Å². The molecule has 2 aromatic rings. The number of aliphatic hydroxyl groups is 1. The van der Waals surface area contributed by atoms with Gasteiger partial charge < -0.3 is 26.4 Å². The highest BCUT2D eigenvalue weighted by Crippen LogP contribution is 2.36. The fourth-order valence-corrected chi connectivity index (χ4v) is 6.51. The van der Waals surface area contributed by atoms with Crippen LogP contribution in [0, 0.1) is 0 Å². The zero-order valence-corrected chi connectivity index (χ0v) is 22.4. The Balaban J connectivity index is 1.19.